The summed E-state index contributed by atoms with van der Waals surface area (Å²) >= 11 is 0. The van der Waals surface area contributed by atoms with Gasteiger partial charge in [0.05, 0.1) is 35.8 Å². The number of allylic oxidation sites excluding steroid dienone is 2. The van der Waals surface area contributed by atoms with Crippen molar-refractivity contribution in [3.8, 4) is 0 Å². The number of carboxylic acid groups (broad SMARTS) is 1. The number of carboxylic acids is 1. The average molecular weight is 393 g/mol. The van der Waals surface area contributed by atoms with Crippen LogP contribution >= 0.6 is 0 Å². The maximum Gasteiger partial charge on any atom is 0.416 e. The van der Waals surface area contributed by atoms with Crippen molar-refractivity contribution in [1.29, 1.82) is 0 Å². The molecule has 1 aliphatic rings. The fourth-order valence-electron chi connectivity index (χ4n) is 3.16. The molecule has 28 heavy (non-hydrogen) atoms. The number of nitrogens with zero attached hydrogens (tertiary/aromatic N) is 2. The summed E-state index contributed by atoms with van der Waals surface area (Å²) in [7, 11) is 0. The molecule has 2 atom stereocenters. The summed E-state index contributed by atoms with van der Waals surface area (Å²) in [6, 6.07) is 4.93. The number of hydrogen-bond acceptors (Lipinski definition) is 3. The lowest BCUT2D eigenvalue weighted by Crippen LogP contribution is -2.34. The minimum absolute atomic E-state index is 0.101. The highest BCUT2D eigenvalue weighted by atomic mass is 19.4. The van der Waals surface area contributed by atoms with Gasteiger partial charge in [-0.15, -0.1) is 0 Å². The van der Waals surface area contributed by atoms with Gasteiger partial charge in [-0.25, -0.2) is 0 Å². The molecule has 0 saturated heterocycles. The summed E-state index contributed by atoms with van der Waals surface area (Å²) in [6.45, 7) is 0.101. The number of carbonyl (C=O) groups excluding carboxylic acids is 1. The molecule has 1 amide bonds. The first kappa shape index (κ1) is 19.7. The highest BCUT2D eigenvalue weighted by molar-refractivity contribution is 5.95. The van der Waals surface area contributed by atoms with Crippen molar-refractivity contribution in [1.82, 2.24) is 9.78 Å². The molecule has 1 aliphatic carbocycles. The van der Waals surface area contributed by atoms with Gasteiger partial charge in [-0.2, -0.15) is 18.3 Å². The van der Waals surface area contributed by atoms with Crippen LogP contribution in [0.5, 0.6) is 0 Å². The Bertz CT molecular complexity index is 905. The SMILES string of the molecule is O=C(O)C1CC=CCC1C(=O)Nc1cnn(Cc2cccc(C(F)(F)F)c2)c1. The molecule has 0 spiro atoms. The maximum atomic E-state index is 12.8. The van der Waals surface area contributed by atoms with Crippen LogP contribution in [0.15, 0.2) is 48.8 Å². The van der Waals surface area contributed by atoms with Gasteiger partial charge >= 0.3 is 12.1 Å². The number of amides is 1. The van der Waals surface area contributed by atoms with Crippen LogP contribution in [0.4, 0.5) is 18.9 Å². The van der Waals surface area contributed by atoms with E-state index in [9.17, 15) is 27.9 Å². The normalized spacial score (nSPS) is 19.4. The lowest BCUT2D eigenvalue weighted by molar-refractivity contribution is -0.146. The number of hydrogen-bond donors (Lipinski definition) is 2. The maximum absolute atomic E-state index is 12.8. The van der Waals surface area contributed by atoms with Gasteiger partial charge in [-0.05, 0) is 30.5 Å². The van der Waals surface area contributed by atoms with Crippen molar-refractivity contribution in [2.24, 2.45) is 11.8 Å². The predicted molar refractivity (Wildman–Crippen MR) is 94.4 cm³/mol. The number of halogens is 3. The predicted octanol–water partition coefficient (Wildman–Crippen LogP) is 3.56. The minimum atomic E-state index is -4.42. The van der Waals surface area contributed by atoms with E-state index in [-0.39, 0.29) is 6.54 Å². The van der Waals surface area contributed by atoms with E-state index in [1.807, 2.05) is 0 Å². The number of rotatable bonds is 5. The van der Waals surface area contributed by atoms with Crippen molar-refractivity contribution in [3.05, 3.63) is 59.9 Å². The molecule has 2 aromatic rings. The van der Waals surface area contributed by atoms with Gasteiger partial charge in [0.2, 0.25) is 5.91 Å². The summed E-state index contributed by atoms with van der Waals surface area (Å²) in [4.78, 5) is 23.8. The second-order valence-corrected chi connectivity index (χ2v) is 6.61. The molecule has 0 saturated carbocycles. The van der Waals surface area contributed by atoms with E-state index in [0.717, 1.165) is 12.1 Å². The van der Waals surface area contributed by atoms with Crippen molar-refractivity contribution < 1.29 is 27.9 Å². The Morgan fingerprint density at radius 2 is 1.93 bits per heavy atom. The third-order valence-electron chi connectivity index (χ3n) is 4.59. The highest BCUT2D eigenvalue weighted by Gasteiger charge is 2.34. The second-order valence-electron chi connectivity index (χ2n) is 6.61. The molecule has 0 fully saturated rings. The lowest BCUT2D eigenvalue weighted by atomic mass is 9.82. The van der Waals surface area contributed by atoms with E-state index in [4.69, 9.17) is 0 Å². The Kier molecular flexibility index (Phi) is 5.53. The molecule has 1 aromatic heterocycles. The van der Waals surface area contributed by atoms with Crippen LogP contribution in [-0.4, -0.2) is 26.8 Å². The molecule has 0 radical (unpaired) electrons. The Labute approximate surface area is 158 Å². The van der Waals surface area contributed by atoms with Crippen LogP contribution in [0.25, 0.3) is 0 Å². The summed E-state index contributed by atoms with van der Waals surface area (Å²) < 4.78 is 39.8. The topological polar surface area (TPSA) is 84.2 Å². The quantitative estimate of drug-likeness (QED) is 0.761. The van der Waals surface area contributed by atoms with E-state index in [2.05, 4.69) is 10.4 Å². The number of carbonyl (C=O) groups is 2. The summed E-state index contributed by atoms with van der Waals surface area (Å²) in [5.74, 6) is -2.92. The highest BCUT2D eigenvalue weighted by Crippen LogP contribution is 2.30. The zero-order chi connectivity index (χ0) is 20.3. The molecular weight excluding hydrogens is 375 g/mol. The minimum Gasteiger partial charge on any atom is -0.481 e. The van der Waals surface area contributed by atoms with Gasteiger partial charge in [0, 0.05) is 6.20 Å². The van der Waals surface area contributed by atoms with Gasteiger partial charge in [0.25, 0.3) is 0 Å². The van der Waals surface area contributed by atoms with Crippen LogP contribution in [0.3, 0.4) is 0 Å². The monoisotopic (exact) mass is 393 g/mol. The van der Waals surface area contributed by atoms with E-state index in [1.54, 1.807) is 18.2 Å². The largest absolute Gasteiger partial charge is 0.481 e. The molecular formula is C19H18F3N3O3. The Balaban J connectivity index is 1.67. The Morgan fingerprint density at radius 3 is 2.61 bits per heavy atom. The average Bonchev–Trinajstić information content (AvgIpc) is 3.08. The van der Waals surface area contributed by atoms with Gasteiger partial charge in [-0.1, -0.05) is 24.3 Å². The zero-order valence-corrected chi connectivity index (χ0v) is 14.7. The molecule has 1 aromatic carbocycles. The van der Waals surface area contributed by atoms with Crippen LogP contribution in [0.1, 0.15) is 24.0 Å². The molecule has 9 heteroatoms. The van der Waals surface area contributed by atoms with E-state index < -0.39 is 35.5 Å². The molecule has 3 rings (SSSR count). The van der Waals surface area contributed by atoms with Crippen LogP contribution in [-0.2, 0) is 22.3 Å². The Hall–Kier alpha value is -3.10. The van der Waals surface area contributed by atoms with E-state index in [1.165, 1.54) is 23.1 Å². The lowest BCUT2D eigenvalue weighted by Gasteiger charge is -2.23. The smallest absolute Gasteiger partial charge is 0.416 e. The molecule has 6 nitrogen and oxygen atoms in total. The number of aromatic nitrogens is 2. The van der Waals surface area contributed by atoms with Crippen molar-refractivity contribution in [3.63, 3.8) is 0 Å². The summed E-state index contributed by atoms with van der Waals surface area (Å²) in [6.07, 6.45) is 2.60. The van der Waals surface area contributed by atoms with Crippen LogP contribution in [0.2, 0.25) is 0 Å². The molecule has 0 bridgehead atoms. The Morgan fingerprint density at radius 1 is 1.21 bits per heavy atom. The van der Waals surface area contributed by atoms with Crippen molar-refractivity contribution >= 4 is 17.6 Å². The van der Waals surface area contributed by atoms with Gasteiger partial charge in [0.1, 0.15) is 0 Å². The van der Waals surface area contributed by atoms with Crippen LogP contribution in [0, 0.1) is 11.8 Å². The van der Waals surface area contributed by atoms with E-state index >= 15 is 0 Å². The molecule has 2 N–H and O–H groups in total. The number of alkyl halides is 3. The first-order chi connectivity index (χ1) is 13.2. The molecule has 148 valence electrons. The van der Waals surface area contributed by atoms with Crippen LogP contribution < -0.4 is 5.32 Å². The number of benzene rings is 1. The van der Waals surface area contributed by atoms with Crippen molar-refractivity contribution in [2.45, 2.75) is 25.6 Å². The third-order valence-corrected chi connectivity index (χ3v) is 4.59. The van der Waals surface area contributed by atoms with E-state index in [0.29, 0.717) is 24.1 Å². The molecule has 0 aliphatic heterocycles. The number of aliphatic carboxylic acids is 1. The van der Waals surface area contributed by atoms with Gasteiger partial charge < -0.3 is 10.4 Å². The zero-order valence-electron chi connectivity index (χ0n) is 14.7. The first-order valence-electron chi connectivity index (χ1n) is 8.61. The second kappa shape index (κ2) is 7.87. The number of anilines is 1. The fraction of sp³-hybridized carbons (Fsp3) is 0.316. The fourth-order valence-corrected chi connectivity index (χ4v) is 3.16. The van der Waals surface area contributed by atoms with Crippen molar-refractivity contribution in [2.75, 3.05) is 5.32 Å². The third kappa shape index (κ3) is 4.59. The number of nitrogens with one attached hydrogen (secondary N) is 1. The molecule has 2 unspecified atom stereocenters. The first-order valence-corrected chi connectivity index (χ1v) is 8.61. The standard InChI is InChI=1S/C19H18F3N3O3/c20-19(21,22)13-5-3-4-12(8-13)10-25-11-14(9-23-25)24-17(26)15-6-1-2-7-16(15)18(27)28/h1-5,8-9,11,15-16H,6-7,10H2,(H,24,26)(H,27,28). The summed E-state index contributed by atoms with van der Waals surface area (Å²) in [5, 5.41) is 15.9. The van der Waals surface area contributed by atoms with Gasteiger partial charge in [-0.3, -0.25) is 14.3 Å². The van der Waals surface area contributed by atoms with Gasteiger partial charge in [0.15, 0.2) is 0 Å². The summed E-state index contributed by atoms with van der Waals surface area (Å²) in [5.41, 5.74) is 0.0329. The molecule has 1 heterocycles.